The average molecular weight is 429 g/mol. The maximum atomic E-state index is 13.5. The fraction of sp³-hybridized carbons (Fsp3) is 0.167. The summed E-state index contributed by atoms with van der Waals surface area (Å²) in [6.07, 6.45) is 4.42. The lowest BCUT2D eigenvalue weighted by molar-refractivity contribution is -0.116. The number of benzene rings is 1. The summed E-state index contributed by atoms with van der Waals surface area (Å²) in [5.74, 6) is 0.0246. The van der Waals surface area contributed by atoms with Crippen LogP contribution in [0.4, 0.5) is 10.1 Å². The van der Waals surface area contributed by atoms with Crippen LogP contribution in [-0.4, -0.2) is 32.0 Å². The molecule has 8 heteroatoms. The topological polar surface area (TPSA) is 72.6 Å². The number of anilines is 1. The van der Waals surface area contributed by atoms with E-state index in [0.29, 0.717) is 30.1 Å². The van der Waals surface area contributed by atoms with E-state index in [2.05, 4.69) is 21.6 Å². The number of hydrogen-bond acceptors (Lipinski definition) is 5. The number of rotatable bonds is 5. The summed E-state index contributed by atoms with van der Waals surface area (Å²) in [7, 11) is 0. The zero-order chi connectivity index (χ0) is 22.2. The number of fused-ring (bicyclic) bond motifs is 1. The fourth-order valence-electron chi connectivity index (χ4n) is 3.74. The van der Waals surface area contributed by atoms with Gasteiger partial charge in [-0.05, 0) is 36.8 Å². The summed E-state index contributed by atoms with van der Waals surface area (Å²) in [6, 6.07) is 12.6. The van der Waals surface area contributed by atoms with E-state index in [9.17, 15) is 9.18 Å². The molecule has 160 valence electrons. The highest BCUT2D eigenvalue weighted by molar-refractivity contribution is 5.98. The Morgan fingerprint density at radius 1 is 1.12 bits per heavy atom. The number of aromatic nitrogens is 4. The molecular weight excluding hydrogens is 409 g/mol. The molecule has 0 radical (unpaired) electrons. The number of ether oxygens (including phenoxy) is 1. The molecule has 1 aliphatic rings. The molecule has 1 fully saturated rings. The summed E-state index contributed by atoms with van der Waals surface area (Å²) in [4.78, 5) is 22.1. The lowest BCUT2D eigenvalue weighted by Gasteiger charge is -2.16. The van der Waals surface area contributed by atoms with E-state index in [1.165, 1.54) is 6.07 Å². The van der Waals surface area contributed by atoms with Crippen LogP contribution >= 0.6 is 0 Å². The summed E-state index contributed by atoms with van der Waals surface area (Å²) in [5, 5.41) is 4.56. The van der Waals surface area contributed by atoms with Crippen molar-refractivity contribution in [1.29, 1.82) is 0 Å². The van der Waals surface area contributed by atoms with Crippen LogP contribution < -0.4 is 9.64 Å². The van der Waals surface area contributed by atoms with Crippen molar-refractivity contribution in [1.82, 2.24) is 19.6 Å². The Morgan fingerprint density at radius 2 is 1.94 bits per heavy atom. The first kappa shape index (κ1) is 19.9. The molecule has 1 aromatic carbocycles. The van der Waals surface area contributed by atoms with Crippen LogP contribution in [0, 0.1) is 5.82 Å². The van der Waals surface area contributed by atoms with Crippen LogP contribution in [0.15, 0.2) is 73.2 Å². The van der Waals surface area contributed by atoms with Gasteiger partial charge in [0.2, 0.25) is 11.8 Å². The Labute approximate surface area is 183 Å². The van der Waals surface area contributed by atoms with Crippen LogP contribution in [0.25, 0.3) is 16.9 Å². The van der Waals surface area contributed by atoms with Gasteiger partial charge in [0, 0.05) is 42.0 Å². The van der Waals surface area contributed by atoms with E-state index < -0.39 is 11.9 Å². The summed E-state index contributed by atoms with van der Waals surface area (Å²) in [6.45, 7) is 6.27. The molecule has 4 heterocycles. The van der Waals surface area contributed by atoms with Crippen LogP contribution in [-0.2, 0) is 4.79 Å². The van der Waals surface area contributed by atoms with Crippen molar-refractivity contribution < 1.29 is 13.9 Å². The number of amides is 1. The first-order valence-electron chi connectivity index (χ1n) is 10.2. The van der Waals surface area contributed by atoms with Gasteiger partial charge in [0.05, 0.1) is 18.1 Å². The van der Waals surface area contributed by atoms with Crippen LogP contribution in [0.2, 0.25) is 0 Å². The van der Waals surface area contributed by atoms with E-state index in [1.54, 1.807) is 27.9 Å². The van der Waals surface area contributed by atoms with Gasteiger partial charge in [-0.1, -0.05) is 18.7 Å². The van der Waals surface area contributed by atoms with E-state index in [4.69, 9.17) is 4.74 Å². The van der Waals surface area contributed by atoms with Gasteiger partial charge in [-0.3, -0.25) is 9.78 Å². The Balaban J connectivity index is 1.41. The molecule has 1 saturated heterocycles. The van der Waals surface area contributed by atoms with E-state index in [-0.39, 0.29) is 5.91 Å². The smallest absolute Gasteiger partial charge is 0.232 e. The second kappa shape index (κ2) is 7.88. The van der Waals surface area contributed by atoms with Crippen molar-refractivity contribution in [3.63, 3.8) is 0 Å². The molecule has 32 heavy (non-hydrogen) atoms. The van der Waals surface area contributed by atoms with Crippen LogP contribution in [0.5, 0.6) is 5.88 Å². The third-order valence-electron chi connectivity index (χ3n) is 5.39. The molecule has 1 unspecified atom stereocenters. The molecule has 0 N–H and O–H groups in total. The molecule has 0 bridgehead atoms. The number of halogens is 1. The quantitative estimate of drug-likeness (QED) is 0.441. The van der Waals surface area contributed by atoms with Crippen molar-refractivity contribution >= 4 is 17.2 Å². The number of carbonyl (C=O) groups is 1. The van der Waals surface area contributed by atoms with Gasteiger partial charge in [-0.25, -0.2) is 13.9 Å². The van der Waals surface area contributed by atoms with Crippen molar-refractivity contribution in [3.05, 3.63) is 84.6 Å². The van der Waals surface area contributed by atoms with Crippen molar-refractivity contribution in [3.8, 4) is 17.1 Å². The zero-order valence-electron chi connectivity index (χ0n) is 17.4. The van der Waals surface area contributed by atoms with Gasteiger partial charge in [-0.15, -0.1) is 5.10 Å². The minimum Gasteiger partial charge on any atom is -0.469 e. The van der Waals surface area contributed by atoms with Gasteiger partial charge in [0.15, 0.2) is 5.65 Å². The minimum absolute atomic E-state index is 0.0589. The molecule has 0 spiro atoms. The molecule has 0 saturated carbocycles. The molecule has 3 aromatic heterocycles. The maximum Gasteiger partial charge on any atom is 0.232 e. The Hall–Kier alpha value is -4.07. The van der Waals surface area contributed by atoms with Crippen molar-refractivity contribution in [2.24, 2.45) is 0 Å². The second-order valence-electron chi connectivity index (χ2n) is 7.74. The molecule has 1 amide bonds. The zero-order valence-corrected chi connectivity index (χ0v) is 17.4. The van der Waals surface area contributed by atoms with Crippen LogP contribution in [0.3, 0.4) is 0 Å². The molecule has 0 aliphatic carbocycles. The fourth-order valence-corrected chi connectivity index (χ4v) is 3.74. The highest BCUT2D eigenvalue weighted by atomic mass is 19.1. The van der Waals surface area contributed by atoms with Gasteiger partial charge >= 0.3 is 0 Å². The SMILES string of the molecule is C=C1CC(=O)N(c2ccc(-c3cnc4ccc(OC(C)c5cncc(F)c5)nn34)cc2)C1. The Morgan fingerprint density at radius 3 is 2.66 bits per heavy atom. The summed E-state index contributed by atoms with van der Waals surface area (Å²) >= 11 is 0. The lowest BCUT2D eigenvalue weighted by Crippen LogP contribution is -2.23. The Bertz CT molecular complexity index is 1330. The third kappa shape index (κ3) is 3.71. The van der Waals surface area contributed by atoms with Crippen LogP contribution in [0.1, 0.15) is 25.0 Å². The largest absolute Gasteiger partial charge is 0.469 e. The lowest BCUT2D eigenvalue weighted by atomic mass is 10.1. The predicted octanol–water partition coefficient (Wildman–Crippen LogP) is 4.36. The standard InChI is InChI=1S/C24H20FN5O2/c1-15-9-24(31)29(14-15)20-5-3-17(4-6-20)21-13-27-22-7-8-23(28-30(21)22)32-16(2)18-10-19(25)12-26-11-18/h3-8,10-13,16H,1,9,14H2,2H3. The van der Waals surface area contributed by atoms with Gasteiger partial charge in [0.1, 0.15) is 11.9 Å². The monoisotopic (exact) mass is 429 g/mol. The van der Waals surface area contributed by atoms with Crippen molar-refractivity contribution in [2.75, 3.05) is 11.4 Å². The third-order valence-corrected chi connectivity index (χ3v) is 5.39. The highest BCUT2D eigenvalue weighted by Crippen LogP contribution is 2.28. The first-order chi connectivity index (χ1) is 15.5. The summed E-state index contributed by atoms with van der Waals surface area (Å²) < 4.78 is 21.1. The molecule has 7 nitrogen and oxygen atoms in total. The average Bonchev–Trinajstić information content (AvgIpc) is 3.36. The van der Waals surface area contributed by atoms with E-state index in [1.807, 2.05) is 37.3 Å². The van der Waals surface area contributed by atoms with E-state index in [0.717, 1.165) is 28.7 Å². The highest BCUT2D eigenvalue weighted by Gasteiger charge is 2.24. The number of carbonyl (C=O) groups excluding carboxylic acids is 1. The second-order valence-corrected chi connectivity index (χ2v) is 7.74. The van der Waals surface area contributed by atoms with Gasteiger partial charge in [0.25, 0.3) is 0 Å². The predicted molar refractivity (Wildman–Crippen MR) is 118 cm³/mol. The van der Waals surface area contributed by atoms with Crippen molar-refractivity contribution in [2.45, 2.75) is 19.4 Å². The molecule has 1 aliphatic heterocycles. The number of nitrogens with zero attached hydrogens (tertiary/aromatic N) is 5. The number of hydrogen-bond donors (Lipinski definition) is 0. The molecular formula is C24H20FN5O2. The molecule has 4 aromatic rings. The molecule has 5 rings (SSSR count). The molecule has 1 atom stereocenters. The maximum absolute atomic E-state index is 13.5. The summed E-state index contributed by atoms with van der Waals surface area (Å²) in [5.41, 5.74) is 4.73. The normalized spacial score (nSPS) is 14.9. The minimum atomic E-state index is -0.429. The first-order valence-corrected chi connectivity index (χ1v) is 10.2. The van der Waals surface area contributed by atoms with Gasteiger partial charge < -0.3 is 9.64 Å². The Kier molecular flexibility index (Phi) is 4.89. The number of imidazole rings is 1. The van der Waals surface area contributed by atoms with Gasteiger partial charge in [-0.2, -0.15) is 0 Å². The number of pyridine rings is 1. The van der Waals surface area contributed by atoms with E-state index >= 15 is 0 Å².